The van der Waals surface area contributed by atoms with Crippen molar-refractivity contribution in [3.8, 4) is 11.3 Å². The summed E-state index contributed by atoms with van der Waals surface area (Å²) >= 11 is 1.73. The van der Waals surface area contributed by atoms with E-state index in [2.05, 4.69) is 59.2 Å². The maximum atomic E-state index is 14.4. The Balaban J connectivity index is 1.49. The molecule has 3 aliphatic rings. The van der Waals surface area contributed by atoms with Crippen LogP contribution in [0.4, 0.5) is 0 Å². The number of rotatable bonds is 5. The smallest absolute Gasteiger partial charge is 0.258 e. The van der Waals surface area contributed by atoms with Crippen LogP contribution in [0, 0.1) is 5.92 Å². The van der Waals surface area contributed by atoms with E-state index < -0.39 is 0 Å². The second kappa shape index (κ2) is 9.37. The first-order valence-electron chi connectivity index (χ1n) is 13.1. The lowest BCUT2D eigenvalue weighted by Crippen LogP contribution is -2.41. The Kier molecular flexibility index (Phi) is 6.11. The van der Waals surface area contributed by atoms with E-state index in [1.54, 1.807) is 11.8 Å². The second-order valence-electron chi connectivity index (χ2n) is 10.6. The lowest BCUT2D eigenvalue weighted by Gasteiger charge is -2.36. The Bertz CT molecular complexity index is 1220. The zero-order chi connectivity index (χ0) is 23.0. The maximum absolute atomic E-state index is 14.4. The fourth-order valence-electron chi connectivity index (χ4n) is 6.67. The summed E-state index contributed by atoms with van der Waals surface area (Å²) < 4.78 is 2.09. The van der Waals surface area contributed by atoms with Crippen molar-refractivity contribution in [2.75, 3.05) is 0 Å². The molecular formula is C30H34N2OS. The molecule has 2 fully saturated rings. The van der Waals surface area contributed by atoms with Gasteiger partial charge in [-0.05, 0) is 49.1 Å². The summed E-state index contributed by atoms with van der Waals surface area (Å²) in [6.07, 6.45) is 12.1. The topological polar surface area (TPSA) is 34.9 Å². The molecule has 176 valence electrons. The number of nitrogens with zero attached hydrogens (tertiary/aromatic N) is 2. The number of aromatic nitrogens is 2. The van der Waals surface area contributed by atoms with Crippen LogP contribution in [0.1, 0.15) is 74.5 Å². The van der Waals surface area contributed by atoms with Crippen molar-refractivity contribution in [2.45, 2.75) is 87.1 Å². The molecule has 3 aromatic rings. The summed E-state index contributed by atoms with van der Waals surface area (Å²) in [5.74, 6) is 1.43. The molecule has 34 heavy (non-hydrogen) atoms. The standard InChI is InChI=1S/C30H34N2OS/c33-28-26-27(25-16-8-7-15-24(25)19-30(26)17-9-10-18-30)31-29(34-21-23-13-5-2-6-14-23)32(28)20-22-11-3-1-4-12-22/h2,5-8,13-16,22H,1,3-4,9-12,17-21H2. The molecular weight excluding hydrogens is 436 g/mol. The molecule has 0 bridgehead atoms. The van der Waals surface area contributed by atoms with E-state index in [9.17, 15) is 4.79 Å². The van der Waals surface area contributed by atoms with E-state index in [4.69, 9.17) is 4.98 Å². The van der Waals surface area contributed by atoms with Crippen molar-refractivity contribution in [1.29, 1.82) is 0 Å². The summed E-state index contributed by atoms with van der Waals surface area (Å²) in [7, 11) is 0. The fraction of sp³-hybridized carbons (Fsp3) is 0.467. The molecule has 0 radical (unpaired) electrons. The minimum atomic E-state index is -0.0231. The van der Waals surface area contributed by atoms with Crippen molar-refractivity contribution in [1.82, 2.24) is 9.55 Å². The van der Waals surface area contributed by atoms with E-state index in [0.717, 1.165) is 48.0 Å². The highest BCUT2D eigenvalue weighted by Crippen LogP contribution is 2.50. The molecule has 0 N–H and O–H groups in total. The first kappa shape index (κ1) is 22.2. The fourth-order valence-corrected chi connectivity index (χ4v) is 7.62. The molecule has 0 saturated heterocycles. The molecule has 6 rings (SSSR count). The molecule has 0 atom stereocenters. The van der Waals surface area contributed by atoms with Gasteiger partial charge < -0.3 is 0 Å². The van der Waals surface area contributed by atoms with Crippen molar-refractivity contribution in [3.05, 3.63) is 81.6 Å². The van der Waals surface area contributed by atoms with Crippen LogP contribution in [0.2, 0.25) is 0 Å². The van der Waals surface area contributed by atoms with Crippen LogP contribution in [-0.4, -0.2) is 9.55 Å². The molecule has 2 aromatic carbocycles. The zero-order valence-corrected chi connectivity index (χ0v) is 20.8. The number of benzene rings is 2. The molecule has 1 spiro atoms. The van der Waals surface area contributed by atoms with Gasteiger partial charge in [-0.3, -0.25) is 9.36 Å². The maximum Gasteiger partial charge on any atom is 0.258 e. The van der Waals surface area contributed by atoms with Gasteiger partial charge in [0.1, 0.15) is 0 Å². The van der Waals surface area contributed by atoms with Crippen molar-refractivity contribution in [3.63, 3.8) is 0 Å². The average molecular weight is 471 g/mol. The van der Waals surface area contributed by atoms with Gasteiger partial charge in [-0.15, -0.1) is 0 Å². The summed E-state index contributed by atoms with van der Waals surface area (Å²) in [5.41, 5.74) is 6.06. The number of hydrogen-bond acceptors (Lipinski definition) is 3. The monoisotopic (exact) mass is 470 g/mol. The third-order valence-corrected chi connectivity index (χ3v) is 9.45. The second-order valence-corrected chi connectivity index (χ2v) is 11.6. The first-order chi connectivity index (χ1) is 16.7. The van der Waals surface area contributed by atoms with Gasteiger partial charge >= 0.3 is 0 Å². The molecule has 0 unspecified atom stereocenters. The highest BCUT2D eigenvalue weighted by atomic mass is 32.2. The van der Waals surface area contributed by atoms with Gasteiger partial charge in [-0.2, -0.15) is 0 Å². The minimum absolute atomic E-state index is 0.0231. The van der Waals surface area contributed by atoms with E-state index in [0.29, 0.717) is 5.92 Å². The van der Waals surface area contributed by atoms with Crippen LogP contribution in [0.15, 0.2) is 64.5 Å². The molecule has 3 nitrogen and oxygen atoms in total. The van der Waals surface area contributed by atoms with Crippen molar-refractivity contribution in [2.24, 2.45) is 5.92 Å². The van der Waals surface area contributed by atoms with Gasteiger partial charge in [0, 0.05) is 23.3 Å². The predicted octanol–water partition coefficient (Wildman–Crippen LogP) is 7.15. The number of hydrogen-bond donors (Lipinski definition) is 0. The third kappa shape index (κ3) is 4.04. The Labute approximate surface area is 207 Å². The minimum Gasteiger partial charge on any atom is -0.287 e. The van der Waals surface area contributed by atoms with Gasteiger partial charge in [0.2, 0.25) is 0 Å². The highest BCUT2D eigenvalue weighted by molar-refractivity contribution is 7.98. The van der Waals surface area contributed by atoms with Crippen LogP contribution in [0.3, 0.4) is 0 Å². The molecule has 0 amide bonds. The van der Waals surface area contributed by atoms with Crippen LogP contribution in [0.5, 0.6) is 0 Å². The van der Waals surface area contributed by atoms with Crippen molar-refractivity contribution < 1.29 is 0 Å². The Morgan fingerprint density at radius 2 is 1.65 bits per heavy atom. The van der Waals surface area contributed by atoms with Crippen molar-refractivity contribution >= 4 is 11.8 Å². The quantitative estimate of drug-likeness (QED) is 0.293. The van der Waals surface area contributed by atoms with E-state index in [1.807, 2.05) is 0 Å². The zero-order valence-electron chi connectivity index (χ0n) is 20.0. The van der Waals surface area contributed by atoms with Gasteiger partial charge in [-0.25, -0.2) is 4.98 Å². The molecule has 0 aliphatic heterocycles. The summed E-state index contributed by atoms with van der Waals surface area (Å²) in [4.78, 5) is 19.7. The molecule has 3 aliphatic carbocycles. The lowest BCUT2D eigenvalue weighted by atomic mass is 9.68. The Morgan fingerprint density at radius 1 is 0.912 bits per heavy atom. The van der Waals surface area contributed by atoms with Crippen LogP contribution in [-0.2, 0) is 24.1 Å². The number of fused-ring (bicyclic) bond motifs is 4. The van der Waals surface area contributed by atoms with E-state index >= 15 is 0 Å². The molecule has 1 heterocycles. The Hall–Kier alpha value is -2.33. The summed E-state index contributed by atoms with van der Waals surface area (Å²) in [5, 5.41) is 0.906. The van der Waals surface area contributed by atoms with Crippen LogP contribution < -0.4 is 5.56 Å². The summed E-state index contributed by atoms with van der Waals surface area (Å²) in [6, 6.07) is 19.2. The van der Waals surface area contributed by atoms with Crippen LogP contribution in [0.25, 0.3) is 11.3 Å². The van der Waals surface area contributed by atoms with Gasteiger partial charge in [-0.1, -0.05) is 98.5 Å². The average Bonchev–Trinajstić information content (AvgIpc) is 3.34. The van der Waals surface area contributed by atoms with Gasteiger partial charge in [0.05, 0.1) is 11.3 Å². The molecule has 4 heteroatoms. The Morgan fingerprint density at radius 3 is 2.44 bits per heavy atom. The SMILES string of the molecule is O=c1c2c(nc(SCc3ccccc3)n1CC1CCCCC1)-c1ccccc1CC21CCCC1. The normalized spacial score (nSPS) is 19.2. The van der Waals surface area contributed by atoms with Gasteiger partial charge in [0.25, 0.3) is 5.56 Å². The highest BCUT2D eigenvalue weighted by Gasteiger charge is 2.44. The molecule has 1 aromatic heterocycles. The van der Waals surface area contributed by atoms with Crippen LogP contribution >= 0.6 is 11.8 Å². The molecule has 2 saturated carbocycles. The third-order valence-electron chi connectivity index (χ3n) is 8.40. The van der Waals surface area contributed by atoms with Gasteiger partial charge in [0.15, 0.2) is 5.16 Å². The lowest BCUT2D eigenvalue weighted by molar-refractivity contribution is 0.302. The number of thioether (sulfide) groups is 1. The van der Waals surface area contributed by atoms with E-state index in [-0.39, 0.29) is 11.0 Å². The predicted molar refractivity (Wildman–Crippen MR) is 140 cm³/mol. The largest absolute Gasteiger partial charge is 0.287 e. The van der Waals surface area contributed by atoms with E-state index in [1.165, 1.54) is 61.6 Å². The summed E-state index contributed by atoms with van der Waals surface area (Å²) in [6.45, 7) is 0.827. The first-order valence-corrected chi connectivity index (χ1v) is 14.1.